The van der Waals surface area contributed by atoms with E-state index in [1.807, 2.05) is 0 Å². The number of hydrogen-bond acceptors (Lipinski definition) is 0. The summed E-state index contributed by atoms with van der Waals surface area (Å²) in [5, 5.41) is 0. The summed E-state index contributed by atoms with van der Waals surface area (Å²) in [7, 11) is 0. The van der Waals surface area contributed by atoms with Gasteiger partial charge in [0.2, 0.25) is 0 Å². The molecular weight excluding hydrogens is 756 g/mol. The largest absolute Gasteiger partial charge is 0.169 e. The third kappa shape index (κ3) is 338. The first-order valence-electron chi connectivity index (χ1n) is 8.51. The Morgan fingerprint density at radius 2 is 0.680 bits per heavy atom. The zero-order valence-corrected chi connectivity index (χ0v) is 26.8. The van der Waals surface area contributed by atoms with E-state index in [4.69, 9.17) is 0.594 Å². The molecule has 0 rings (SSSR count). The van der Waals surface area contributed by atoms with E-state index >= 15 is 0 Å². The van der Waals surface area contributed by atoms with E-state index < -0.39 is 0 Å². The molecule has 0 N–H and O–H groups in total. The summed E-state index contributed by atoms with van der Waals surface area (Å²) < 4.78 is 7.73. The fourth-order valence-electron chi connectivity index (χ4n) is 0. The van der Waals surface area contributed by atoms with Gasteiger partial charge in [-0.1, -0.05) is 69.7 Å². The molecule has 0 aliphatic carbocycles. The van der Waals surface area contributed by atoms with Crippen molar-refractivity contribution in [2.24, 2.45) is 23.7 Å². The minimum absolute atomic E-state index is 0. The number of rotatable bonds is 2. The molecule has 0 heterocycles. The molecule has 25 heavy (non-hydrogen) atoms. The predicted octanol–water partition coefficient (Wildman–Crippen LogP) is 5.45. The van der Waals surface area contributed by atoms with Gasteiger partial charge in [0.05, 0.1) is 0 Å². The molecule has 0 aromatic carbocycles. The summed E-state index contributed by atoms with van der Waals surface area (Å²) in [5.74, 6) is 3.23. The maximum Gasteiger partial charge on any atom is 0.169 e. The van der Waals surface area contributed by atoms with Gasteiger partial charge in [0.1, 0.15) is 0 Å². The van der Waals surface area contributed by atoms with Crippen LogP contribution in [-0.4, -0.2) is 21.6 Å². The molecule has 0 aliphatic rings. The van der Waals surface area contributed by atoms with Gasteiger partial charge in [-0.3, -0.25) is 0 Å². The summed E-state index contributed by atoms with van der Waals surface area (Å²) in [6, 6.07) is 0. The molecule has 0 saturated carbocycles. The van der Waals surface area contributed by atoms with Crippen LogP contribution >= 0.6 is 67.1 Å². The van der Waals surface area contributed by atoms with Crippen LogP contribution in [0.5, 0.6) is 0 Å². The first-order chi connectivity index (χ1) is 11.4. The Hall–Kier alpha value is 3.11. The van der Waals surface area contributed by atoms with Gasteiger partial charge >= 0.3 is 53.6 Å². The molecular formula is C18H46B3I4-. The van der Waals surface area contributed by atoms with Gasteiger partial charge in [0.25, 0.3) is 0 Å². The zero-order valence-electron chi connectivity index (χ0n) is 19.1. The monoisotopic (exact) mass is 805 g/mol. The van der Waals surface area contributed by atoms with Crippen LogP contribution in [0, 0.1) is 23.7 Å². The molecule has 0 nitrogen and oxygen atoms in total. The van der Waals surface area contributed by atoms with E-state index in [1.54, 1.807) is 67.1 Å². The predicted molar refractivity (Wildman–Crippen MR) is 153 cm³/mol. The van der Waals surface area contributed by atoms with E-state index in [2.05, 4.69) is 100 Å². The molecule has 0 aromatic heterocycles. The molecule has 0 bridgehead atoms. The SMILES string of the molecule is C.CC(C)C.CC(C)C.CC(C)C.[3H][I-]C(C)C(C)C.[B]I.[B]I.[B]I. The fraction of sp³-hybridized carbons (Fsp3) is 1.00. The summed E-state index contributed by atoms with van der Waals surface area (Å²) in [4.78, 5) is 0. The summed E-state index contributed by atoms with van der Waals surface area (Å²) in [6.07, 6.45) is 0. The molecule has 0 spiro atoms. The Kier molecular flexibility index (Phi) is 105. The van der Waals surface area contributed by atoms with Crippen molar-refractivity contribution in [1.82, 2.24) is 0 Å². The maximum atomic E-state index is 7.05. The Balaban J connectivity index is -0.0000000255. The number of halogens is 4. The molecule has 156 valence electrons. The smallest absolute Gasteiger partial charge is 0.169 e. The molecule has 0 amide bonds. The van der Waals surface area contributed by atoms with E-state index in [9.17, 15) is 0 Å². The minimum atomic E-state index is -0.246. The van der Waals surface area contributed by atoms with Gasteiger partial charge in [0, 0.05) is 0 Å². The van der Waals surface area contributed by atoms with Gasteiger partial charge < -0.3 is 0 Å². The maximum absolute atomic E-state index is 7.05. The molecule has 0 fully saturated rings. The Morgan fingerprint density at radius 1 is 0.560 bits per heavy atom. The van der Waals surface area contributed by atoms with Crippen molar-refractivity contribution in [2.75, 3.05) is 0 Å². The topological polar surface area (TPSA) is 0 Å². The third-order valence-corrected chi connectivity index (χ3v) is 2.36. The van der Waals surface area contributed by atoms with Gasteiger partial charge in [-0.25, -0.2) is 0 Å². The van der Waals surface area contributed by atoms with E-state index in [0.29, 0.717) is 3.92 Å². The molecule has 0 saturated heterocycles. The number of hydrogen-bond donors (Lipinski definition) is 0. The third-order valence-electron chi connectivity index (χ3n) is 0.919. The van der Waals surface area contributed by atoms with Gasteiger partial charge in [-0.05, 0) is 17.8 Å². The van der Waals surface area contributed by atoms with Crippen molar-refractivity contribution < 1.29 is 22.4 Å². The normalized spacial score (nSPS) is 9.32. The Morgan fingerprint density at radius 3 is 0.680 bits per heavy atom. The molecule has 7 heteroatoms. The molecule has 6 radical (unpaired) electrons. The van der Waals surface area contributed by atoms with Crippen LogP contribution in [0.25, 0.3) is 0 Å². The van der Waals surface area contributed by atoms with E-state index in [0.717, 1.165) is 23.7 Å². The van der Waals surface area contributed by atoms with Crippen molar-refractivity contribution in [1.29, 1.82) is 0.594 Å². The van der Waals surface area contributed by atoms with Crippen LogP contribution in [0.4, 0.5) is 0 Å². The van der Waals surface area contributed by atoms with Crippen molar-refractivity contribution in [2.45, 2.75) is 94.4 Å². The summed E-state index contributed by atoms with van der Waals surface area (Å²) >= 11 is 4.70. The minimum Gasteiger partial charge on any atom is -0.169 e. The first-order valence-corrected chi connectivity index (χ1v) is 13.1. The summed E-state index contributed by atoms with van der Waals surface area (Å²) in [6.45, 7) is 26.0. The standard InChI is InChI=1S/C5H12I.3C4H10.CH4.3BI/c1-4(2)5(3)6;3*1-4(2)3;;3*1-2/h4-6H,1-3H3;3*4H,1-3H3;1H4;;;/q-1;;;;;;;/i6T;;;;;;;. The van der Waals surface area contributed by atoms with Crippen LogP contribution in [0.15, 0.2) is 0 Å². The van der Waals surface area contributed by atoms with Crippen LogP contribution < -0.4 is 22.4 Å². The van der Waals surface area contributed by atoms with E-state index in [-0.39, 0.29) is 29.8 Å². The van der Waals surface area contributed by atoms with Crippen molar-refractivity contribution in [3.8, 4) is 0 Å². The molecule has 0 aromatic rings. The van der Waals surface area contributed by atoms with Crippen molar-refractivity contribution in [3.05, 3.63) is 0 Å². The van der Waals surface area contributed by atoms with Crippen LogP contribution in [0.1, 0.15) is 90.5 Å². The van der Waals surface area contributed by atoms with Crippen LogP contribution in [-0.2, 0) is 0 Å². The van der Waals surface area contributed by atoms with Gasteiger partial charge in [-0.15, -0.1) is 0 Å². The fourth-order valence-corrected chi connectivity index (χ4v) is 0. The van der Waals surface area contributed by atoms with E-state index in [1.165, 1.54) is 0 Å². The quantitative estimate of drug-likeness (QED) is 0.198. The van der Waals surface area contributed by atoms with Crippen LogP contribution in [0.2, 0.25) is 0 Å². The number of alkyl halides is 1. The molecule has 1 unspecified atom stereocenters. The second kappa shape index (κ2) is 56.4. The molecule has 1 atom stereocenters. The Labute approximate surface area is 222 Å². The summed E-state index contributed by atoms with van der Waals surface area (Å²) in [5.41, 5.74) is 13.4. The van der Waals surface area contributed by atoms with Gasteiger partial charge in [-0.2, -0.15) is 67.1 Å². The first kappa shape index (κ1) is 46.4. The van der Waals surface area contributed by atoms with Crippen molar-refractivity contribution in [3.63, 3.8) is 0 Å². The second-order valence-electron chi connectivity index (χ2n) is 7.12. The van der Waals surface area contributed by atoms with Gasteiger partial charge in [0.15, 0.2) is 17.1 Å². The average molecular weight is 805 g/mol. The zero-order chi connectivity index (χ0) is 22.6. The Bertz CT molecular complexity index is 132. The van der Waals surface area contributed by atoms with Crippen molar-refractivity contribution >= 4 is 84.2 Å². The average Bonchev–Trinajstić information content (AvgIpc) is 2.50. The second-order valence-corrected chi connectivity index (χ2v) is 9.08. The van der Waals surface area contributed by atoms with Crippen LogP contribution in [0.3, 0.4) is 0 Å². The molecule has 0 aliphatic heterocycles.